The van der Waals surface area contributed by atoms with Gasteiger partial charge in [0.15, 0.2) is 15.8 Å². The number of aromatic nitrogens is 2. The molecule has 9 nitrogen and oxygen atoms in total. The van der Waals surface area contributed by atoms with E-state index in [4.69, 9.17) is 14.2 Å². The first kappa shape index (κ1) is 30.4. The Morgan fingerprint density at radius 3 is 2.71 bits per heavy atom. The molecule has 2 atom stereocenters. The summed E-state index contributed by atoms with van der Waals surface area (Å²) in [4.78, 5) is 28.8. The Morgan fingerprint density at radius 2 is 1.93 bits per heavy atom. The fraction of sp³-hybridized carbons (Fsp3) is 0.235. The van der Waals surface area contributed by atoms with Crippen molar-refractivity contribution in [1.82, 2.24) is 10.2 Å². The standard InChI is InChI=1S/C34H31N3O6S2/c1-4-15-42-26-14-11-22(18-27(26)41-5-2)29-28(30(38)23-12-13-25-24(17-23)16-20(3)43-25)31(39)32(40)37(29)33-35-36-34(45-33)44-19-21-9-7-6-8-10-21/h4,6-14,17-18,20,29,38H,1,5,15-16,19H2,2-3H3/t20-,29+/m1/s1. The molecule has 1 N–H and O–H groups in total. The number of amides is 1. The molecule has 45 heavy (non-hydrogen) atoms. The Balaban J connectivity index is 1.43. The van der Waals surface area contributed by atoms with Gasteiger partial charge in [-0.05, 0) is 60.9 Å². The number of aliphatic hydroxyl groups excluding tert-OH is 1. The smallest absolute Gasteiger partial charge is 0.301 e. The van der Waals surface area contributed by atoms with Gasteiger partial charge in [-0.1, -0.05) is 72.2 Å². The number of ether oxygens (including phenoxy) is 3. The van der Waals surface area contributed by atoms with E-state index in [2.05, 4.69) is 16.8 Å². The zero-order valence-electron chi connectivity index (χ0n) is 24.8. The number of aliphatic hydroxyl groups is 1. The highest BCUT2D eigenvalue weighted by Crippen LogP contribution is 2.46. The molecule has 1 saturated heterocycles. The van der Waals surface area contributed by atoms with Crippen LogP contribution in [0.25, 0.3) is 5.76 Å². The van der Waals surface area contributed by atoms with Gasteiger partial charge in [-0.2, -0.15) is 0 Å². The summed E-state index contributed by atoms with van der Waals surface area (Å²) in [5.41, 5.74) is 2.95. The molecule has 1 fully saturated rings. The predicted molar refractivity (Wildman–Crippen MR) is 174 cm³/mol. The number of benzene rings is 3. The van der Waals surface area contributed by atoms with E-state index in [1.807, 2.05) is 44.2 Å². The van der Waals surface area contributed by atoms with Crippen molar-refractivity contribution in [3.05, 3.63) is 107 Å². The maximum Gasteiger partial charge on any atom is 0.301 e. The molecule has 1 amide bonds. The molecule has 0 saturated carbocycles. The van der Waals surface area contributed by atoms with Gasteiger partial charge < -0.3 is 19.3 Å². The highest BCUT2D eigenvalue weighted by molar-refractivity contribution is 8.00. The van der Waals surface area contributed by atoms with Gasteiger partial charge in [0.05, 0.1) is 18.2 Å². The Kier molecular flexibility index (Phi) is 8.90. The van der Waals surface area contributed by atoms with Gasteiger partial charge in [0.2, 0.25) is 5.13 Å². The minimum Gasteiger partial charge on any atom is -0.507 e. The van der Waals surface area contributed by atoms with Crippen LogP contribution >= 0.6 is 23.1 Å². The third-order valence-electron chi connectivity index (χ3n) is 7.36. The van der Waals surface area contributed by atoms with Crippen molar-refractivity contribution in [2.45, 2.75) is 42.5 Å². The van der Waals surface area contributed by atoms with Gasteiger partial charge in [0, 0.05) is 17.7 Å². The maximum absolute atomic E-state index is 13.8. The summed E-state index contributed by atoms with van der Waals surface area (Å²) in [6.07, 6.45) is 2.31. The second kappa shape index (κ2) is 13.2. The first-order valence-corrected chi connectivity index (χ1v) is 16.3. The number of Topliss-reactive ketones (excluding diaryl/α,β-unsaturated/α-hetero) is 1. The van der Waals surface area contributed by atoms with Crippen molar-refractivity contribution in [2.24, 2.45) is 0 Å². The molecule has 6 rings (SSSR count). The first-order chi connectivity index (χ1) is 21.9. The number of nitrogens with zero attached hydrogens (tertiary/aromatic N) is 3. The summed E-state index contributed by atoms with van der Waals surface area (Å²) in [6, 6.07) is 19.4. The zero-order valence-corrected chi connectivity index (χ0v) is 26.4. The third-order valence-corrected chi connectivity index (χ3v) is 9.49. The van der Waals surface area contributed by atoms with Crippen molar-refractivity contribution < 1.29 is 28.9 Å². The van der Waals surface area contributed by atoms with Crippen LogP contribution in [0.3, 0.4) is 0 Å². The third kappa shape index (κ3) is 6.18. The van der Waals surface area contributed by atoms with Crippen LogP contribution in [0.4, 0.5) is 5.13 Å². The fourth-order valence-electron chi connectivity index (χ4n) is 5.38. The molecule has 3 heterocycles. The molecule has 0 unspecified atom stereocenters. The quantitative estimate of drug-likeness (QED) is 0.0475. The Labute approximate surface area is 269 Å². The number of carbonyl (C=O) groups is 2. The SMILES string of the molecule is C=CCOc1ccc([C@H]2C(=C(O)c3ccc4c(c3)C[C@@H](C)O4)C(=O)C(=O)N2c2nnc(SCc3ccccc3)s2)cc1OCC. The molecular weight excluding hydrogens is 611 g/mol. The van der Waals surface area contributed by atoms with Crippen molar-refractivity contribution in [3.8, 4) is 17.2 Å². The number of carbonyl (C=O) groups excluding carboxylic acids is 2. The van der Waals surface area contributed by atoms with Crippen LogP contribution in [0.1, 0.15) is 42.1 Å². The summed E-state index contributed by atoms with van der Waals surface area (Å²) in [5.74, 6) is 0.422. The molecule has 11 heteroatoms. The molecule has 1 aromatic heterocycles. The summed E-state index contributed by atoms with van der Waals surface area (Å²) < 4.78 is 18.1. The summed E-state index contributed by atoms with van der Waals surface area (Å²) >= 11 is 2.70. The van der Waals surface area contributed by atoms with Crippen LogP contribution in [-0.4, -0.2) is 46.3 Å². The average molecular weight is 642 g/mol. The lowest BCUT2D eigenvalue weighted by molar-refractivity contribution is -0.132. The highest BCUT2D eigenvalue weighted by atomic mass is 32.2. The van der Waals surface area contributed by atoms with Gasteiger partial charge in [-0.25, -0.2) is 0 Å². The predicted octanol–water partition coefficient (Wildman–Crippen LogP) is 6.74. The lowest BCUT2D eigenvalue weighted by Crippen LogP contribution is -2.29. The monoisotopic (exact) mass is 641 g/mol. The lowest BCUT2D eigenvalue weighted by atomic mass is 9.94. The lowest BCUT2D eigenvalue weighted by Gasteiger charge is -2.23. The molecule has 0 bridgehead atoms. The van der Waals surface area contributed by atoms with Gasteiger partial charge in [-0.15, -0.1) is 10.2 Å². The maximum atomic E-state index is 13.8. The average Bonchev–Trinajstić information content (AvgIpc) is 3.74. The Morgan fingerprint density at radius 1 is 1.11 bits per heavy atom. The van der Waals surface area contributed by atoms with E-state index in [-0.39, 0.29) is 29.2 Å². The number of ketones is 1. The van der Waals surface area contributed by atoms with Crippen LogP contribution in [-0.2, 0) is 21.8 Å². The summed E-state index contributed by atoms with van der Waals surface area (Å²) in [5, 5.41) is 20.6. The molecule has 3 aromatic carbocycles. The highest BCUT2D eigenvalue weighted by Gasteiger charge is 2.48. The number of thioether (sulfide) groups is 1. The number of anilines is 1. The van der Waals surface area contributed by atoms with Crippen molar-refractivity contribution in [2.75, 3.05) is 18.1 Å². The largest absolute Gasteiger partial charge is 0.507 e. The minimum absolute atomic E-state index is 0.00754. The molecule has 4 aromatic rings. The van der Waals surface area contributed by atoms with E-state index in [1.54, 1.807) is 42.5 Å². The van der Waals surface area contributed by atoms with E-state index in [1.165, 1.54) is 28.0 Å². The Hall–Kier alpha value is -4.61. The molecule has 2 aliphatic rings. The van der Waals surface area contributed by atoms with Gasteiger partial charge in [-0.3, -0.25) is 14.5 Å². The molecule has 0 spiro atoms. The van der Waals surface area contributed by atoms with E-state index in [9.17, 15) is 14.7 Å². The normalized spacial score (nSPS) is 18.5. The molecule has 230 valence electrons. The van der Waals surface area contributed by atoms with Crippen molar-refractivity contribution in [3.63, 3.8) is 0 Å². The van der Waals surface area contributed by atoms with Crippen LogP contribution in [0.5, 0.6) is 17.2 Å². The van der Waals surface area contributed by atoms with Crippen LogP contribution in [0, 0.1) is 0 Å². The first-order valence-electron chi connectivity index (χ1n) is 14.5. The summed E-state index contributed by atoms with van der Waals surface area (Å²) in [6.45, 7) is 8.16. The van der Waals surface area contributed by atoms with Gasteiger partial charge in [0.1, 0.15) is 24.2 Å². The number of hydrogen-bond donors (Lipinski definition) is 1. The van der Waals surface area contributed by atoms with E-state index >= 15 is 0 Å². The van der Waals surface area contributed by atoms with Crippen LogP contribution in [0.2, 0.25) is 0 Å². The molecule has 2 aliphatic heterocycles. The number of rotatable bonds is 11. The number of hydrogen-bond acceptors (Lipinski definition) is 10. The van der Waals surface area contributed by atoms with Crippen LogP contribution < -0.4 is 19.1 Å². The van der Waals surface area contributed by atoms with Crippen molar-refractivity contribution in [1.29, 1.82) is 0 Å². The van der Waals surface area contributed by atoms with E-state index < -0.39 is 17.7 Å². The van der Waals surface area contributed by atoms with Crippen LogP contribution in [0.15, 0.2) is 89.3 Å². The van der Waals surface area contributed by atoms with E-state index in [0.29, 0.717) is 45.7 Å². The fourth-order valence-corrected chi connectivity index (χ4v) is 7.20. The second-order valence-electron chi connectivity index (χ2n) is 10.5. The number of fused-ring (bicyclic) bond motifs is 1. The van der Waals surface area contributed by atoms with E-state index in [0.717, 1.165) is 16.9 Å². The topological polar surface area (TPSA) is 111 Å². The molecular formula is C34H31N3O6S2. The summed E-state index contributed by atoms with van der Waals surface area (Å²) in [7, 11) is 0. The van der Waals surface area contributed by atoms with Gasteiger partial charge >= 0.3 is 5.91 Å². The molecule has 0 radical (unpaired) electrons. The molecule has 0 aliphatic carbocycles. The zero-order chi connectivity index (χ0) is 31.5. The second-order valence-corrected chi connectivity index (χ2v) is 12.7. The minimum atomic E-state index is -0.999. The Bertz CT molecular complexity index is 1790. The van der Waals surface area contributed by atoms with Gasteiger partial charge in [0.25, 0.3) is 5.78 Å². The van der Waals surface area contributed by atoms with Crippen molar-refractivity contribution >= 4 is 45.7 Å².